The standard InChI is InChI=1S/C22H26BrClN2O4/c1-4-14(3)16-8-6-7-9-19(16)30-18(5-2)22(28)26-25-21(27)13-29-20-11-10-15(23)12-17(20)24/h6-12,14,18H,4-5,13H2,1-3H3,(H,25,27)(H,26,28). The molecule has 0 radical (unpaired) electrons. The molecule has 0 bridgehead atoms. The molecule has 0 saturated carbocycles. The smallest absolute Gasteiger partial charge is 0.279 e. The third-order valence-electron chi connectivity index (χ3n) is 4.57. The highest BCUT2D eigenvalue weighted by molar-refractivity contribution is 9.10. The number of carbonyl (C=O) groups is 2. The Balaban J connectivity index is 1.89. The summed E-state index contributed by atoms with van der Waals surface area (Å²) in [4.78, 5) is 24.5. The lowest BCUT2D eigenvalue weighted by molar-refractivity contribution is -0.134. The van der Waals surface area contributed by atoms with Gasteiger partial charge in [-0.15, -0.1) is 0 Å². The molecule has 0 aliphatic rings. The number of carbonyl (C=O) groups excluding carboxylic acids is 2. The molecule has 2 amide bonds. The Kier molecular flexibility index (Phi) is 9.46. The van der Waals surface area contributed by atoms with Gasteiger partial charge in [-0.1, -0.05) is 66.5 Å². The first-order valence-electron chi connectivity index (χ1n) is 9.77. The summed E-state index contributed by atoms with van der Waals surface area (Å²) in [6, 6.07) is 12.7. The molecule has 30 heavy (non-hydrogen) atoms. The maximum Gasteiger partial charge on any atom is 0.279 e. The zero-order valence-electron chi connectivity index (χ0n) is 17.2. The molecule has 0 heterocycles. The Bertz CT molecular complexity index is 878. The van der Waals surface area contributed by atoms with Crippen LogP contribution in [0.2, 0.25) is 5.02 Å². The number of ether oxygens (including phenoxy) is 2. The van der Waals surface area contributed by atoms with Crippen LogP contribution in [-0.2, 0) is 9.59 Å². The lowest BCUT2D eigenvalue weighted by Crippen LogP contribution is -2.49. The average Bonchev–Trinajstić information content (AvgIpc) is 2.74. The number of hydrazine groups is 1. The summed E-state index contributed by atoms with van der Waals surface area (Å²) in [6.07, 6.45) is 0.668. The van der Waals surface area contributed by atoms with Crippen molar-refractivity contribution in [3.05, 3.63) is 57.5 Å². The molecule has 2 N–H and O–H groups in total. The van der Waals surface area contributed by atoms with Crippen LogP contribution in [0.5, 0.6) is 11.5 Å². The Labute approximate surface area is 190 Å². The molecule has 2 aromatic carbocycles. The number of rotatable bonds is 9. The number of hydrogen-bond acceptors (Lipinski definition) is 4. The van der Waals surface area contributed by atoms with Crippen LogP contribution in [0.4, 0.5) is 0 Å². The minimum absolute atomic E-state index is 0.296. The molecule has 2 rings (SSSR count). The van der Waals surface area contributed by atoms with Crippen LogP contribution >= 0.6 is 27.5 Å². The second-order valence-corrected chi connectivity index (χ2v) is 8.09. The molecule has 2 unspecified atom stereocenters. The van der Waals surface area contributed by atoms with Crippen LogP contribution in [0.1, 0.15) is 45.1 Å². The minimum Gasteiger partial charge on any atom is -0.482 e. The van der Waals surface area contributed by atoms with Crippen LogP contribution in [0.25, 0.3) is 0 Å². The van der Waals surface area contributed by atoms with Gasteiger partial charge in [-0.05, 0) is 48.6 Å². The van der Waals surface area contributed by atoms with E-state index in [1.807, 2.05) is 31.2 Å². The molecular weight excluding hydrogens is 472 g/mol. The van der Waals surface area contributed by atoms with Crippen LogP contribution in [-0.4, -0.2) is 24.5 Å². The maximum atomic E-state index is 12.5. The van der Waals surface area contributed by atoms with Gasteiger partial charge in [0.25, 0.3) is 11.8 Å². The van der Waals surface area contributed by atoms with Crippen LogP contribution in [0.15, 0.2) is 46.9 Å². The quantitative estimate of drug-likeness (QED) is 0.478. The molecule has 0 aliphatic carbocycles. The third-order valence-corrected chi connectivity index (χ3v) is 5.36. The fourth-order valence-electron chi connectivity index (χ4n) is 2.67. The molecule has 162 valence electrons. The summed E-state index contributed by atoms with van der Waals surface area (Å²) in [6.45, 7) is 5.76. The zero-order valence-corrected chi connectivity index (χ0v) is 19.5. The van der Waals surface area contributed by atoms with Crippen molar-refractivity contribution in [1.29, 1.82) is 0 Å². The van der Waals surface area contributed by atoms with E-state index in [-0.39, 0.29) is 6.61 Å². The maximum absolute atomic E-state index is 12.5. The van der Waals surface area contributed by atoms with Crippen molar-refractivity contribution in [1.82, 2.24) is 10.9 Å². The highest BCUT2D eigenvalue weighted by Crippen LogP contribution is 2.29. The van der Waals surface area contributed by atoms with E-state index in [1.54, 1.807) is 18.2 Å². The first-order valence-corrected chi connectivity index (χ1v) is 10.9. The highest BCUT2D eigenvalue weighted by atomic mass is 79.9. The summed E-state index contributed by atoms with van der Waals surface area (Å²) < 4.78 is 12.1. The fourth-order valence-corrected chi connectivity index (χ4v) is 3.40. The molecular formula is C22H26BrClN2O4. The highest BCUT2D eigenvalue weighted by Gasteiger charge is 2.21. The third kappa shape index (κ3) is 6.92. The summed E-state index contributed by atoms with van der Waals surface area (Å²) in [5.74, 6) is 0.402. The zero-order chi connectivity index (χ0) is 22.1. The predicted molar refractivity (Wildman–Crippen MR) is 121 cm³/mol. The largest absolute Gasteiger partial charge is 0.482 e. The van der Waals surface area contributed by atoms with Gasteiger partial charge in [0.1, 0.15) is 11.5 Å². The van der Waals surface area contributed by atoms with E-state index >= 15 is 0 Å². The first-order chi connectivity index (χ1) is 14.3. The van der Waals surface area contributed by atoms with Gasteiger partial charge in [-0.3, -0.25) is 20.4 Å². The molecule has 8 heteroatoms. The van der Waals surface area contributed by atoms with Crippen molar-refractivity contribution in [2.24, 2.45) is 0 Å². The van der Waals surface area contributed by atoms with Gasteiger partial charge in [-0.2, -0.15) is 0 Å². The summed E-state index contributed by atoms with van der Waals surface area (Å²) in [7, 11) is 0. The monoisotopic (exact) mass is 496 g/mol. The Morgan fingerprint density at radius 1 is 1.07 bits per heavy atom. The number of hydrogen-bond donors (Lipinski definition) is 2. The molecule has 2 aromatic rings. The van der Waals surface area contributed by atoms with Crippen molar-refractivity contribution in [3.63, 3.8) is 0 Å². The van der Waals surface area contributed by atoms with Crippen molar-refractivity contribution in [2.45, 2.75) is 45.6 Å². The van der Waals surface area contributed by atoms with Crippen LogP contribution in [0.3, 0.4) is 0 Å². The van der Waals surface area contributed by atoms with Crippen molar-refractivity contribution < 1.29 is 19.1 Å². The van der Waals surface area contributed by atoms with E-state index in [1.165, 1.54) is 0 Å². The van der Waals surface area contributed by atoms with Gasteiger partial charge in [0.2, 0.25) is 0 Å². The fraction of sp³-hybridized carbons (Fsp3) is 0.364. The average molecular weight is 498 g/mol. The van der Waals surface area contributed by atoms with Gasteiger partial charge >= 0.3 is 0 Å². The second kappa shape index (κ2) is 11.8. The Morgan fingerprint density at radius 2 is 1.80 bits per heavy atom. The summed E-state index contributed by atoms with van der Waals surface area (Å²) in [5, 5.41) is 0.376. The lowest BCUT2D eigenvalue weighted by atomic mass is 9.98. The molecule has 0 aromatic heterocycles. The topological polar surface area (TPSA) is 76.7 Å². The van der Waals surface area contributed by atoms with Crippen molar-refractivity contribution in [3.8, 4) is 11.5 Å². The number of halogens is 2. The number of para-hydroxylation sites is 1. The van der Waals surface area contributed by atoms with Crippen LogP contribution in [0, 0.1) is 0 Å². The summed E-state index contributed by atoms with van der Waals surface area (Å²) in [5.41, 5.74) is 5.78. The molecule has 2 atom stereocenters. The van der Waals surface area contributed by atoms with Gasteiger partial charge in [0.05, 0.1) is 5.02 Å². The summed E-state index contributed by atoms with van der Waals surface area (Å²) >= 11 is 9.35. The molecule has 0 saturated heterocycles. The van der Waals surface area contributed by atoms with E-state index in [0.29, 0.717) is 28.9 Å². The van der Waals surface area contributed by atoms with Crippen LogP contribution < -0.4 is 20.3 Å². The normalized spacial score (nSPS) is 12.6. The second-order valence-electron chi connectivity index (χ2n) is 6.76. The van der Waals surface area contributed by atoms with Crippen molar-refractivity contribution in [2.75, 3.05) is 6.61 Å². The van der Waals surface area contributed by atoms with E-state index in [2.05, 4.69) is 40.6 Å². The van der Waals surface area contributed by atoms with Gasteiger partial charge in [0.15, 0.2) is 12.7 Å². The molecule has 0 aliphatic heterocycles. The number of benzene rings is 2. The van der Waals surface area contributed by atoms with Gasteiger partial charge < -0.3 is 9.47 Å². The molecule has 0 fully saturated rings. The van der Waals surface area contributed by atoms with E-state index < -0.39 is 17.9 Å². The Morgan fingerprint density at radius 3 is 2.47 bits per heavy atom. The Hall–Kier alpha value is -2.25. The predicted octanol–water partition coefficient (Wildman–Crippen LogP) is 5.00. The molecule has 6 nitrogen and oxygen atoms in total. The van der Waals surface area contributed by atoms with Gasteiger partial charge in [0, 0.05) is 4.47 Å². The van der Waals surface area contributed by atoms with E-state index in [0.717, 1.165) is 16.5 Å². The minimum atomic E-state index is -0.739. The first kappa shape index (κ1) is 24.0. The van der Waals surface area contributed by atoms with Crippen molar-refractivity contribution >= 4 is 39.3 Å². The lowest BCUT2D eigenvalue weighted by Gasteiger charge is -2.21. The number of amides is 2. The van der Waals surface area contributed by atoms with Gasteiger partial charge in [-0.25, -0.2) is 0 Å². The van der Waals surface area contributed by atoms with E-state index in [9.17, 15) is 9.59 Å². The number of nitrogens with one attached hydrogen (secondary N) is 2. The molecule has 0 spiro atoms. The van der Waals surface area contributed by atoms with E-state index in [4.69, 9.17) is 21.1 Å². The SMILES string of the molecule is CCC(Oc1ccccc1C(C)CC)C(=O)NNC(=O)COc1ccc(Br)cc1Cl.